The number of likely N-dealkylation sites (tertiary alicyclic amines) is 1. The van der Waals surface area contributed by atoms with Crippen LogP contribution in [0.1, 0.15) is 37.3 Å². The van der Waals surface area contributed by atoms with Crippen molar-refractivity contribution in [1.82, 2.24) is 10.2 Å². The van der Waals surface area contributed by atoms with Crippen LogP contribution in [0.3, 0.4) is 0 Å². The summed E-state index contributed by atoms with van der Waals surface area (Å²) >= 11 is 0. The third-order valence-electron chi connectivity index (χ3n) is 4.03. The van der Waals surface area contributed by atoms with Crippen molar-refractivity contribution in [3.8, 4) is 0 Å². The van der Waals surface area contributed by atoms with Gasteiger partial charge in [-0.3, -0.25) is 4.90 Å². The Hall–Kier alpha value is -0.710. The van der Waals surface area contributed by atoms with E-state index < -0.39 is 6.43 Å². The molecule has 0 saturated carbocycles. The average molecular weight is 319 g/mol. The molecule has 1 aliphatic heterocycles. The molecule has 1 aliphatic rings. The predicted molar refractivity (Wildman–Crippen MR) is 85.2 cm³/mol. The molecule has 2 rings (SSSR count). The zero-order valence-electron chi connectivity index (χ0n) is 12.5. The lowest BCUT2D eigenvalue weighted by Gasteiger charge is -2.32. The van der Waals surface area contributed by atoms with Crippen LogP contribution in [0.15, 0.2) is 24.3 Å². The molecule has 0 aliphatic carbocycles. The van der Waals surface area contributed by atoms with Gasteiger partial charge in [0, 0.05) is 12.1 Å². The molecule has 0 spiro atoms. The minimum Gasteiger partial charge on any atom is -0.317 e. The van der Waals surface area contributed by atoms with Crippen molar-refractivity contribution in [3.63, 3.8) is 0 Å². The van der Waals surface area contributed by atoms with Crippen molar-refractivity contribution in [2.75, 3.05) is 26.2 Å². The van der Waals surface area contributed by atoms with E-state index in [0.717, 1.165) is 44.2 Å². The highest BCUT2D eigenvalue weighted by Crippen LogP contribution is 2.21. The molecule has 1 aromatic rings. The van der Waals surface area contributed by atoms with Crippen LogP contribution >= 0.6 is 12.4 Å². The first kappa shape index (κ1) is 18.3. The van der Waals surface area contributed by atoms with Gasteiger partial charge < -0.3 is 5.32 Å². The van der Waals surface area contributed by atoms with E-state index in [4.69, 9.17) is 0 Å². The second kappa shape index (κ2) is 9.34. The van der Waals surface area contributed by atoms with Gasteiger partial charge in [-0.05, 0) is 50.5 Å². The number of halogens is 3. The Labute approximate surface area is 132 Å². The minimum absolute atomic E-state index is 0. The standard InChI is InChI=1S/C16H24F2N2.ClH/c1-2-19-11-13-7-9-20(10-8-13)12-14-3-5-15(6-4-14)16(17)18;/h3-6,13,16,19H,2,7-12H2,1H3;1H. The van der Waals surface area contributed by atoms with Gasteiger partial charge in [-0.2, -0.15) is 0 Å². The van der Waals surface area contributed by atoms with E-state index in [1.165, 1.54) is 25.0 Å². The Morgan fingerprint density at radius 3 is 2.33 bits per heavy atom. The minimum atomic E-state index is -2.37. The topological polar surface area (TPSA) is 15.3 Å². The van der Waals surface area contributed by atoms with Crippen LogP contribution in [0.2, 0.25) is 0 Å². The van der Waals surface area contributed by atoms with Crippen LogP contribution in [0, 0.1) is 5.92 Å². The highest BCUT2D eigenvalue weighted by atomic mass is 35.5. The summed E-state index contributed by atoms with van der Waals surface area (Å²) in [6.07, 6.45) is 0.0791. The summed E-state index contributed by atoms with van der Waals surface area (Å²) in [5.74, 6) is 0.785. The van der Waals surface area contributed by atoms with E-state index in [9.17, 15) is 8.78 Å². The Kier molecular flexibility index (Phi) is 8.15. The lowest BCUT2D eigenvalue weighted by Crippen LogP contribution is -2.36. The van der Waals surface area contributed by atoms with Crippen LogP contribution in [-0.2, 0) is 6.54 Å². The van der Waals surface area contributed by atoms with Gasteiger partial charge in [0.2, 0.25) is 0 Å². The van der Waals surface area contributed by atoms with Gasteiger partial charge >= 0.3 is 0 Å². The second-order valence-corrected chi connectivity index (χ2v) is 5.57. The normalized spacial score (nSPS) is 17.0. The van der Waals surface area contributed by atoms with E-state index in [0.29, 0.717) is 0 Å². The number of piperidine rings is 1. The largest absolute Gasteiger partial charge is 0.317 e. The summed E-state index contributed by atoms with van der Waals surface area (Å²) in [6.45, 7) is 7.37. The maximum absolute atomic E-state index is 12.5. The third-order valence-corrected chi connectivity index (χ3v) is 4.03. The number of benzene rings is 1. The smallest absolute Gasteiger partial charge is 0.263 e. The number of nitrogens with one attached hydrogen (secondary N) is 1. The van der Waals surface area contributed by atoms with Gasteiger partial charge in [-0.15, -0.1) is 12.4 Å². The average Bonchev–Trinajstić information content (AvgIpc) is 2.47. The lowest BCUT2D eigenvalue weighted by atomic mass is 9.96. The van der Waals surface area contributed by atoms with Gasteiger partial charge in [-0.25, -0.2) is 8.78 Å². The van der Waals surface area contributed by atoms with Gasteiger partial charge in [0.25, 0.3) is 6.43 Å². The summed E-state index contributed by atoms with van der Waals surface area (Å²) in [5, 5.41) is 3.41. The van der Waals surface area contributed by atoms with Crippen LogP contribution in [-0.4, -0.2) is 31.1 Å². The van der Waals surface area contributed by atoms with Gasteiger partial charge in [0.05, 0.1) is 0 Å². The quantitative estimate of drug-likeness (QED) is 0.856. The maximum atomic E-state index is 12.5. The number of hydrogen-bond acceptors (Lipinski definition) is 2. The summed E-state index contributed by atoms with van der Waals surface area (Å²) in [4.78, 5) is 2.42. The molecule has 1 fully saturated rings. The van der Waals surface area contributed by atoms with Gasteiger partial charge in [0.1, 0.15) is 0 Å². The monoisotopic (exact) mass is 318 g/mol. The zero-order chi connectivity index (χ0) is 14.4. The number of nitrogens with zero attached hydrogens (tertiary/aromatic N) is 1. The highest BCUT2D eigenvalue weighted by Gasteiger charge is 2.18. The second-order valence-electron chi connectivity index (χ2n) is 5.57. The van der Waals surface area contributed by atoms with E-state index in [-0.39, 0.29) is 18.0 Å². The molecule has 1 N–H and O–H groups in total. The molecule has 2 nitrogen and oxygen atoms in total. The molecule has 1 saturated heterocycles. The molecule has 0 atom stereocenters. The molecule has 1 aromatic carbocycles. The van der Waals surface area contributed by atoms with Crippen molar-refractivity contribution >= 4 is 12.4 Å². The molecular weight excluding hydrogens is 294 g/mol. The molecule has 1 heterocycles. The molecule has 0 amide bonds. The molecule has 120 valence electrons. The predicted octanol–water partition coefficient (Wildman–Crippen LogP) is 3.87. The fraction of sp³-hybridized carbons (Fsp3) is 0.625. The fourth-order valence-corrected chi connectivity index (χ4v) is 2.72. The zero-order valence-corrected chi connectivity index (χ0v) is 13.3. The summed E-state index contributed by atoms with van der Waals surface area (Å²) < 4.78 is 25.0. The maximum Gasteiger partial charge on any atom is 0.263 e. The number of rotatable bonds is 6. The van der Waals surface area contributed by atoms with Crippen molar-refractivity contribution in [1.29, 1.82) is 0 Å². The SMILES string of the molecule is CCNCC1CCN(Cc2ccc(C(F)F)cc2)CC1.Cl. The Morgan fingerprint density at radius 1 is 1.19 bits per heavy atom. The first-order valence-electron chi connectivity index (χ1n) is 7.49. The fourth-order valence-electron chi connectivity index (χ4n) is 2.72. The van der Waals surface area contributed by atoms with Gasteiger partial charge in [0.15, 0.2) is 0 Å². The Morgan fingerprint density at radius 2 is 1.81 bits per heavy atom. The van der Waals surface area contributed by atoms with E-state index >= 15 is 0 Å². The Balaban J connectivity index is 0.00000220. The first-order chi connectivity index (χ1) is 9.69. The van der Waals surface area contributed by atoms with Gasteiger partial charge in [-0.1, -0.05) is 31.2 Å². The molecule has 0 aromatic heterocycles. The van der Waals surface area contributed by atoms with Crippen molar-refractivity contribution in [3.05, 3.63) is 35.4 Å². The van der Waals surface area contributed by atoms with Crippen LogP contribution in [0.25, 0.3) is 0 Å². The van der Waals surface area contributed by atoms with Crippen molar-refractivity contribution < 1.29 is 8.78 Å². The van der Waals surface area contributed by atoms with Crippen LogP contribution < -0.4 is 5.32 Å². The summed E-state index contributed by atoms with van der Waals surface area (Å²) in [6, 6.07) is 6.73. The van der Waals surface area contributed by atoms with Crippen molar-refractivity contribution in [2.24, 2.45) is 5.92 Å². The highest BCUT2D eigenvalue weighted by molar-refractivity contribution is 5.85. The molecule has 0 unspecified atom stereocenters. The molecule has 0 radical (unpaired) electrons. The van der Waals surface area contributed by atoms with E-state index in [1.807, 2.05) is 12.1 Å². The van der Waals surface area contributed by atoms with E-state index in [2.05, 4.69) is 17.1 Å². The third kappa shape index (κ3) is 5.89. The van der Waals surface area contributed by atoms with Crippen LogP contribution in [0.5, 0.6) is 0 Å². The summed E-state index contributed by atoms with van der Waals surface area (Å²) in [5.41, 5.74) is 1.23. The molecular formula is C16H25ClF2N2. The molecule has 21 heavy (non-hydrogen) atoms. The van der Waals surface area contributed by atoms with Crippen LogP contribution in [0.4, 0.5) is 8.78 Å². The van der Waals surface area contributed by atoms with E-state index in [1.54, 1.807) is 0 Å². The molecule has 5 heteroatoms. The molecule has 0 bridgehead atoms. The number of hydrogen-bond donors (Lipinski definition) is 1. The Bertz CT molecular complexity index is 390. The lowest BCUT2D eigenvalue weighted by molar-refractivity contribution is 0.151. The number of alkyl halides is 2. The first-order valence-corrected chi connectivity index (χ1v) is 7.49. The van der Waals surface area contributed by atoms with Crippen molar-refractivity contribution in [2.45, 2.75) is 32.7 Å². The summed E-state index contributed by atoms with van der Waals surface area (Å²) in [7, 11) is 0.